The Bertz CT molecular complexity index is 927. The Morgan fingerprint density at radius 3 is 2.52 bits per heavy atom. The molecule has 2 aromatic rings. The van der Waals surface area contributed by atoms with Gasteiger partial charge in [0, 0.05) is 22.9 Å². The number of hydrogen-bond acceptors (Lipinski definition) is 4. The molecule has 1 unspecified atom stereocenters. The van der Waals surface area contributed by atoms with E-state index in [1.807, 2.05) is 0 Å². The fourth-order valence-corrected chi connectivity index (χ4v) is 4.53. The SMILES string of the molecule is O=C(NC1CCCOC1)c1ccc(NS(=O)(=O)c2cc(Cl)ccc2Cl)cc1. The largest absolute Gasteiger partial charge is 0.379 e. The lowest BCUT2D eigenvalue weighted by Crippen LogP contribution is -2.40. The molecular formula is C18H18Cl2N2O4S. The topological polar surface area (TPSA) is 84.5 Å². The molecule has 1 aliphatic heterocycles. The first-order chi connectivity index (χ1) is 12.8. The van der Waals surface area contributed by atoms with Crippen molar-refractivity contribution >= 4 is 44.8 Å². The second-order valence-electron chi connectivity index (χ2n) is 6.15. The Morgan fingerprint density at radius 1 is 1.11 bits per heavy atom. The molecule has 1 fully saturated rings. The van der Waals surface area contributed by atoms with Gasteiger partial charge in [0.15, 0.2) is 0 Å². The lowest BCUT2D eigenvalue weighted by Gasteiger charge is -2.23. The van der Waals surface area contributed by atoms with Gasteiger partial charge in [0.25, 0.3) is 15.9 Å². The number of amides is 1. The summed E-state index contributed by atoms with van der Waals surface area (Å²) in [5.74, 6) is -0.224. The molecule has 1 atom stereocenters. The van der Waals surface area contributed by atoms with Gasteiger partial charge in [0.05, 0.1) is 17.7 Å². The van der Waals surface area contributed by atoms with Gasteiger partial charge >= 0.3 is 0 Å². The maximum Gasteiger partial charge on any atom is 0.263 e. The summed E-state index contributed by atoms with van der Waals surface area (Å²) in [7, 11) is -3.91. The molecule has 1 amide bonds. The maximum absolute atomic E-state index is 12.5. The minimum atomic E-state index is -3.91. The molecule has 6 nitrogen and oxygen atoms in total. The van der Waals surface area contributed by atoms with Crippen molar-refractivity contribution in [2.45, 2.75) is 23.8 Å². The molecule has 0 aliphatic carbocycles. The molecule has 1 heterocycles. The van der Waals surface area contributed by atoms with Gasteiger partial charge in [0.2, 0.25) is 0 Å². The van der Waals surface area contributed by atoms with Crippen LogP contribution >= 0.6 is 23.2 Å². The van der Waals surface area contributed by atoms with Gasteiger partial charge in [0.1, 0.15) is 4.90 Å². The second kappa shape index (κ2) is 8.48. The summed E-state index contributed by atoms with van der Waals surface area (Å²) in [5.41, 5.74) is 0.743. The van der Waals surface area contributed by atoms with Gasteiger partial charge in [-0.2, -0.15) is 0 Å². The van der Waals surface area contributed by atoms with Crippen LogP contribution in [0.25, 0.3) is 0 Å². The Balaban J connectivity index is 1.69. The van der Waals surface area contributed by atoms with Crippen LogP contribution in [0.15, 0.2) is 47.4 Å². The average Bonchev–Trinajstić information content (AvgIpc) is 2.64. The average molecular weight is 429 g/mol. The molecule has 0 saturated carbocycles. The maximum atomic E-state index is 12.5. The highest BCUT2D eigenvalue weighted by atomic mass is 35.5. The summed E-state index contributed by atoms with van der Waals surface area (Å²) in [6.45, 7) is 1.22. The number of halogens is 2. The zero-order chi connectivity index (χ0) is 19.4. The number of ether oxygens (including phenoxy) is 1. The molecule has 27 heavy (non-hydrogen) atoms. The van der Waals surface area contributed by atoms with Crippen LogP contribution in [0.5, 0.6) is 0 Å². The molecule has 0 aromatic heterocycles. The Hall–Kier alpha value is -1.80. The van der Waals surface area contributed by atoms with Crippen LogP contribution in [-0.2, 0) is 14.8 Å². The van der Waals surface area contributed by atoms with Crippen molar-refractivity contribution in [3.63, 3.8) is 0 Å². The van der Waals surface area contributed by atoms with Crippen molar-refractivity contribution in [1.29, 1.82) is 0 Å². The van der Waals surface area contributed by atoms with Crippen molar-refractivity contribution in [2.75, 3.05) is 17.9 Å². The first kappa shape index (κ1) is 19.9. The van der Waals surface area contributed by atoms with E-state index in [0.717, 1.165) is 19.4 Å². The number of nitrogens with one attached hydrogen (secondary N) is 2. The Labute approximate surface area is 167 Å². The van der Waals surface area contributed by atoms with E-state index in [2.05, 4.69) is 10.0 Å². The van der Waals surface area contributed by atoms with Gasteiger partial charge in [-0.1, -0.05) is 23.2 Å². The predicted octanol–water partition coefficient (Wildman–Crippen LogP) is 3.70. The predicted molar refractivity (Wildman–Crippen MR) is 105 cm³/mol. The van der Waals surface area contributed by atoms with Crippen LogP contribution in [0.3, 0.4) is 0 Å². The van der Waals surface area contributed by atoms with E-state index < -0.39 is 10.0 Å². The first-order valence-corrected chi connectivity index (χ1v) is 10.6. The van der Waals surface area contributed by atoms with Crippen LogP contribution in [0, 0.1) is 0 Å². The van der Waals surface area contributed by atoms with E-state index in [1.165, 1.54) is 30.3 Å². The zero-order valence-electron chi connectivity index (χ0n) is 14.2. The van der Waals surface area contributed by atoms with Crippen molar-refractivity contribution < 1.29 is 17.9 Å². The third kappa shape index (κ3) is 5.13. The lowest BCUT2D eigenvalue weighted by molar-refractivity contribution is 0.0624. The lowest BCUT2D eigenvalue weighted by atomic mass is 10.1. The number of rotatable bonds is 5. The molecule has 1 aliphatic rings. The van der Waals surface area contributed by atoms with E-state index in [1.54, 1.807) is 12.1 Å². The van der Waals surface area contributed by atoms with Gasteiger partial charge < -0.3 is 10.1 Å². The monoisotopic (exact) mass is 428 g/mol. The highest BCUT2D eigenvalue weighted by molar-refractivity contribution is 7.92. The quantitative estimate of drug-likeness (QED) is 0.759. The normalized spacial score (nSPS) is 17.3. The molecule has 3 rings (SSSR count). The van der Waals surface area contributed by atoms with E-state index in [4.69, 9.17) is 27.9 Å². The van der Waals surface area contributed by atoms with Gasteiger partial charge in [-0.15, -0.1) is 0 Å². The summed E-state index contributed by atoms with van der Waals surface area (Å²) >= 11 is 11.8. The van der Waals surface area contributed by atoms with E-state index in [0.29, 0.717) is 17.9 Å². The van der Waals surface area contributed by atoms with Crippen LogP contribution in [0.4, 0.5) is 5.69 Å². The van der Waals surface area contributed by atoms with Crippen molar-refractivity contribution in [3.8, 4) is 0 Å². The third-order valence-corrected chi connectivity index (χ3v) is 6.18. The van der Waals surface area contributed by atoms with Crippen LogP contribution < -0.4 is 10.0 Å². The molecule has 2 aromatic carbocycles. The molecule has 1 saturated heterocycles. The summed E-state index contributed by atoms with van der Waals surface area (Å²) in [6, 6.07) is 10.3. The summed E-state index contributed by atoms with van der Waals surface area (Å²) in [5, 5.41) is 3.24. The number of anilines is 1. The highest BCUT2D eigenvalue weighted by Gasteiger charge is 2.20. The Morgan fingerprint density at radius 2 is 1.85 bits per heavy atom. The summed E-state index contributed by atoms with van der Waals surface area (Å²) < 4.78 is 32.8. The first-order valence-electron chi connectivity index (χ1n) is 8.32. The van der Waals surface area contributed by atoms with Crippen LogP contribution in [0.2, 0.25) is 10.0 Å². The molecular weight excluding hydrogens is 411 g/mol. The van der Waals surface area contributed by atoms with Crippen LogP contribution in [0.1, 0.15) is 23.2 Å². The Kier molecular flexibility index (Phi) is 6.26. The van der Waals surface area contributed by atoms with Gasteiger partial charge in [-0.05, 0) is 55.3 Å². The second-order valence-corrected chi connectivity index (χ2v) is 8.64. The molecule has 2 N–H and O–H groups in total. The number of benzene rings is 2. The molecule has 0 radical (unpaired) electrons. The smallest absolute Gasteiger partial charge is 0.263 e. The van der Waals surface area contributed by atoms with E-state index in [-0.39, 0.29) is 26.9 Å². The molecule has 9 heteroatoms. The van der Waals surface area contributed by atoms with Crippen molar-refractivity contribution in [3.05, 3.63) is 58.1 Å². The number of hydrogen-bond donors (Lipinski definition) is 2. The fourth-order valence-electron chi connectivity index (χ4n) is 2.71. The fraction of sp³-hybridized carbons (Fsp3) is 0.278. The summed E-state index contributed by atoms with van der Waals surface area (Å²) in [6.07, 6.45) is 1.79. The van der Waals surface area contributed by atoms with E-state index in [9.17, 15) is 13.2 Å². The minimum Gasteiger partial charge on any atom is -0.379 e. The molecule has 144 valence electrons. The molecule has 0 spiro atoms. The number of carbonyl (C=O) groups excluding carboxylic acids is 1. The standard InChI is InChI=1S/C18H18Cl2N2O4S/c19-13-5-8-16(20)17(10-13)27(24,25)22-14-6-3-12(4-7-14)18(23)21-15-2-1-9-26-11-15/h3-8,10,15,22H,1-2,9,11H2,(H,21,23). The van der Waals surface area contributed by atoms with Crippen LogP contribution in [-0.4, -0.2) is 33.6 Å². The zero-order valence-corrected chi connectivity index (χ0v) is 16.6. The van der Waals surface area contributed by atoms with Gasteiger partial charge in [-0.25, -0.2) is 8.42 Å². The molecule has 0 bridgehead atoms. The third-order valence-electron chi connectivity index (χ3n) is 4.08. The summed E-state index contributed by atoms with van der Waals surface area (Å²) in [4.78, 5) is 12.2. The number of sulfonamides is 1. The van der Waals surface area contributed by atoms with Crippen molar-refractivity contribution in [2.24, 2.45) is 0 Å². The van der Waals surface area contributed by atoms with Gasteiger partial charge in [-0.3, -0.25) is 9.52 Å². The minimum absolute atomic E-state index is 0.00518. The van der Waals surface area contributed by atoms with E-state index >= 15 is 0 Å². The highest BCUT2D eigenvalue weighted by Crippen LogP contribution is 2.27. The van der Waals surface area contributed by atoms with Crippen molar-refractivity contribution in [1.82, 2.24) is 5.32 Å². The number of carbonyl (C=O) groups is 1.